The van der Waals surface area contributed by atoms with Gasteiger partial charge in [0.1, 0.15) is 0 Å². The van der Waals surface area contributed by atoms with Crippen LogP contribution in [0, 0.1) is 12.8 Å². The first-order valence-corrected chi connectivity index (χ1v) is 7.20. The van der Waals surface area contributed by atoms with Crippen LogP contribution in [-0.4, -0.2) is 27.3 Å². The highest BCUT2D eigenvalue weighted by molar-refractivity contribution is 9.10. The summed E-state index contributed by atoms with van der Waals surface area (Å²) >= 11 is 3.65. The molecule has 0 aliphatic carbocycles. The first-order valence-electron chi connectivity index (χ1n) is 6.41. The second-order valence-corrected chi connectivity index (χ2v) is 6.21. The molecule has 0 spiro atoms. The number of hydrogen-bond acceptors (Lipinski definition) is 2. The number of piperidine rings is 1. The van der Waals surface area contributed by atoms with Crippen LogP contribution in [-0.2, 0) is 13.6 Å². The number of hydrogen-bond donors (Lipinski definition) is 0. The zero-order chi connectivity index (χ0) is 12.6. The van der Waals surface area contributed by atoms with Crippen LogP contribution in [0.15, 0.2) is 4.47 Å². The monoisotopic (exact) mass is 299 g/mol. The Balaban J connectivity index is 2.10. The van der Waals surface area contributed by atoms with Gasteiger partial charge in [-0.2, -0.15) is 5.10 Å². The molecular weight excluding hydrogens is 278 g/mol. The molecule has 0 radical (unpaired) electrons. The average molecular weight is 300 g/mol. The Labute approximate surface area is 112 Å². The molecule has 2 atom stereocenters. The Hall–Kier alpha value is -0.350. The van der Waals surface area contributed by atoms with Gasteiger partial charge < -0.3 is 0 Å². The molecular formula is C13H22BrN3. The van der Waals surface area contributed by atoms with Crippen LogP contribution in [0.3, 0.4) is 0 Å². The lowest BCUT2D eigenvalue weighted by Gasteiger charge is -2.36. The molecule has 1 saturated heterocycles. The molecule has 96 valence electrons. The van der Waals surface area contributed by atoms with Crippen molar-refractivity contribution in [1.82, 2.24) is 14.7 Å². The summed E-state index contributed by atoms with van der Waals surface area (Å²) in [4.78, 5) is 2.57. The van der Waals surface area contributed by atoms with Crippen molar-refractivity contribution in [1.29, 1.82) is 0 Å². The SMILES string of the molecule is Cc1nn(C)c(CN2CCC(C)CC2C)c1Br. The van der Waals surface area contributed by atoms with E-state index in [2.05, 4.69) is 46.7 Å². The molecule has 0 aromatic carbocycles. The van der Waals surface area contributed by atoms with Crippen LogP contribution in [0.5, 0.6) is 0 Å². The van der Waals surface area contributed by atoms with Crippen LogP contribution >= 0.6 is 15.9 Å². The molecule has 0 amide bonds. The van der Waals surface area contributed by atoms with Gasteiger partial charge in [0.15, 0.2) is 0 Å². The highest BCUT2D eigenvalue weighted by Crippen LogP contribution is 2.27. The van der Waals surface area contributed by atoms with Gasteiger partial charge in [0.05, 0.1) is 15.9 Å². The second kappa shape index (κ2) is 5.11. The lowest BCUT2D eigenvalue weighted by molar-refractivity contribution is 0.119. The summed E-state index contributed by atoms with van der Waals surface area (Å²) < 4.78 is 3.18. The van der Waals surface area contributed by atoms with E-state index in [1.165, 1.54) is 29.6 Å². The van der Waals surface area contributed by atoms with Gasteiger partial charge in [-0.25, -0.2) is 0 Å². The Bertz CT molecular complexity index is 400. The van der Waals surface area contributed by atoms with Crippen LogP contribution < -0.4 is 0 Å². The molecule has 1 aliphatic rings. The van der Waals surface area contributed by atoms with Gasteiger partial charge >= 0.3 is 0 Å². The molecule has 1 aromatic rings. The van der Waals surface area contributed by atoms with Crippen molar-refractivity contribution >= 4 is 15.9 Å². The minimum Gasteiger partial charge on any atom is -0.295 e. The van der Waals surface area contributed by atoms with Gasteiger partial charge in [-0.15, -0.1) is 0 Å². The van der Waals surface area contributed by atoms with E-state index < -0.39 is 0 Å². The Kier molecular flexibility index (Phi) is 3.93. The topological polar surface area (TPSA) is 21.1 Å². The van der Waals surface area contributed by atoms with E-state index >= 15 is 0 Å². The predicted octanol–water partition coefficient (Wildman–Crippen LogP) is 3.11. The smallest absolute Gasteiger partial charge is 0.0739 e. The summed E-state index contributed by atoms with van der Waals surface area (Å²) in [6, 6.07) is 0.681. The third-order valence-electron chi connectivity index (χ3n) is 3.89. The van der Waals surface area contributed by atoms with E-state index in [0.29, 0.717) is 6.04 Å². The Morgan fingerprint density at radius 2 is 2.12 bits per heavy atom. The molecule has 4 heteroatoms. The quantitative estimate of drug-likeness (QED) is 0.837. The number of halogens is 1. The summed E-state index contributed by atoms with van der Waals surface area (Å²) in [6.45, 7) is 8.96. The van der Waals surface area contributed by atoms with Crippen molar-refractivity contribution in [3.8, 4) is 0 Å². The highest BCUT2D eigenvalue weighted by Gasteiger charge is 2.24. The predicted molar refractivity (Wildman–Crippen MR) is 73.9 cm³/mol. The highest BCUT2D eigenvalue weighted by atomic mass is 79.9. The van der Waals surface area contributed by atoms with Gasteiger partial charge in [0, 0.05) is 19.6 Å². The van der Waals surface area contributed by atoms with Crippen molar-refractivity contribution < 1.29 is 0 Å². The Morgan fingerprint density at radius 3 is 2.65 bits per heavy atom. The molecule has 2 unspecified atom stereocenters. The van der Waals surface area contributed by atoms with Gasteiger partial charge in [-0.1, -0.05) is 6.92 Å². The van der Waals surface area contributed by atoms with Crippen molar-refractivity contribution in [3.05, 3.63) is 15.9 Å². The first-order chi connectivity index (χ1) is 7.99. The normalized spacial score (nSPS) is 26.4. The standard InChI is InChI=1S/C13H22BrN3/c1-9-5-6-17(10(2)7-9)8-12-13(14)11(3)15-16(12)4/h9-10H,5-8H2,1-4H3. The lowest BCUT2D eigenvalue weighted by Crippen LogP contribution is -2.40. The van der Waals surface area contributed by atoms with Crippen LogP contribution in [0.4, 0.5) is 0 Å². The molecule has 1 fully saturated rings. The fourth-order valence-electron chi connectivity index (χ4n) is 2.73. The largest absolute Gasteiger partial charge is 0.295 e. The van der Waals surface area contributed by atoms with Crippen LogP contribution in [0.1, 0.15) is 38.1 Å². The maximum Gasteiger partial charge on any atom is 0.0739 e. The fourth-order valence-corrected chi connectivity index (χ4v) is 3.20. The minimum atomic E-state index is 0.681. The average Bonchev–Trinajstić information content (AvgIpc) is 2.48. The van der Waals surface area contributed by atoms with Gasteiger partial charge in [-0.05, 0) is 55.1 Å². The zero-order valence-electron chi connectivity index (χ0n) is 11.2. The summed E-state index contributed by atoms with van der Waals surface area (Å²) in [7, 11) is 2.03. The van der Waals surface area contributed by atoms with Crippen LogP contribution in [0.2, 0.25) is 0 Å². The van der Waals surface area contributed by atoms with E-state index in [9.17, 15) is 0 Å². The van der Waals surface area contributed by atoms with E-state index in [0.717, 1.165) is 18.2 Å². The third kappa shape index (κ3) is 2.74. The molecule has 2 rings (SSSR count). The number of likely N-dealkylation sites (tertiary alicyclic amines) is 1. The molecule has 17 heavy (non-hydrogen) atoms. The zero-order valence-corrected chi connectivity index (χ0v) is 12.8. The molecule has 0 bridgehead atoms. The van der Waals surface area contributed by atoms with Gasteiger partial charge in [0.25, 0.3) is 0 Å². The number of aromatic nitrogens is 2. The lowest BCUT2D eigenvalue weighted by atomic mass is 9.93. The molecule has 2 heterocycles. The molecule has 0 saturated carbocycles. The molecule has 1 aliphatic heterocycles. The summed E-state index contributed by atoms with van der Waals surface area (Å²) in [6.07, 6.45) is 2.63. The molecule has 0 N–H and O–H groups in total. The Morgan fingerprint density at radius 1 is 1.41 bits per heavy atom. The number of nitrogens with zero attached hydrogens (tertiary/aromatic N) is 3. The van der Waals surface area contributed by atoms with E-state index in [1.807, 2.05) is 11.7 Å². The van der Waals surface area contributed by atoms with Gasteiger partial charge in [0.2, 0.25) is 0 Å². The van der Waals surface area contributed by atoms with E-state index in [-0.39, 0.29) is 0 Å². The minimum absolute atomic E-state index is 0.681. The maximum atomic E-state index is 4.46. The third-order valence-corrected chi connectivity index (χ3v) is 4.92. The molecule has 1 aromatic heterocycles. The number of aryl methyl sites for hydroxylation is 2. The maximum absolute atomic E-state index is 4.46. The van der Waals surface area contributed by atoms with Crippen molar-refractivity contribution in [3.63, 3.8) is 0 Å². The van der Waals surface area contributed by atoms with Crippen molar-refractivity contribution in [2.24, 2.45) is 13.0 Å². The van der Waals surface area contributed by atoms with Gasteiger partial charge in [-0.3, -0.25) is 9.58 Å². The molecule has 3 nitrogen and oxygen atoms in total. The van der Waals surface area contributed by atoms with Crippen molar-refractivity contribution in [2.45, 2.75) is 46.2 Å². The van der Waals surface area contributed by atoms with Crippen LogP contribution in [0.25, 0.3) is 0 Å². The summed E-state index contributed by atoms with van der Waals surface area (Å²) in [5, 5.41) is 4.46. The summed E-state index contributed by atoms with van der Waals surface area (Å²) in [5.41, 5.74) is 2.38. The second-order valence-electron chi connectivity index (χ2n) is 5.42. The van der Waals surface area contributed by atoms with Crippen molar-refractivity contribution in [2.75, 3.05) is 6.54 Å². The fraction of sp³-hybridized carbons (Fsp3) is 0.769. The first kappa shape index (κ1) is 13.1. The van der Waals surface area contributed by atoms with E-state index in [1.54, 1.807) is 0 Å². The van der Waals surface area contributed by atoms with E-state index in [4.69, 9.17) is 0 Å². The summed E-state index contributed by atoms with van der Waals surface area (Å²) in [5.74, 6) is 0.873. The number of rotatable bonds is 2.